The molecule has 0 aromatic carbocycles. The molecule has 2 nitrogen and oxygen atoms in total. The molecular formula is C7H10F3IO2. The predicted molar refractivity (Wildman–Crippen MR) is 48.5 cm³/mol. The smallest absolute Gasteiger partial charge is 0.381 e. The van der Waals surface area contributed by atoms with Crippen molar-refractivity contribution in [3.63, 3.8) is 0 Å². The van der Waals surface area contributed by atoms with E-state index >= 15 is 0 Å². The molecule has 1 saturated heterocycles. The Morgan fingerprint density at radius 2 is 1.85 bits per heavy atom. The summed E-state index contributed by atoms with van der Waals surface area (Å²) in [7, 11) is 0. The SMILES string of the molecule is FC(F)(F)C(OI)C1CCOCC1. The van der Waals surface area contributed by atoms with Gasteiger partial charge in [-0.15, -0.1) is 0 Å². The summed E-state index contributed by atoms with van der Waals surface area (Å²) in [5, 5.41) is 0. The number of rotatable bonds is 2. The molecule has 1 heterocycles. The minimum atomic E-state index is -4.26. The molecule has 1 rings (SSSR count). The van der Waals surface area contributed by atoms with Gasteiger partial charge in [0.15, 0.2) is 6.10 Å². The highest BCUT2D eigenvalue weighted by Gasteiger charge is 2.45. The van der Waals surface area contributed by atoms with Crippen molar-refractivity contribution in [2.75, 3.05) is 13.2 Å². The predicted octanol–water partition coefficient (Wildman–Crippen LogP) is 2.71. The van der Waals surface area contributed by atoms with Gasteiger partial charge in [-0.25, -0.2) is 0 Å². The van der Waals surface area contributed by atoms with Crippen molar-refractivity contribution in [3.8, 4) is 0 Å². The average Bonchev–Trinajstić information content (AvgIpc) is 2.05. The maximum atomic E-state index is 12.3. The van der Waals surface area contributed by atoms with Crippen LogP contribution in [0.25, 0.3) is 0 Å². The normalized spacial score (nSPS) is 23.1. The van der Waals surface area contributed by atoms with Crippen molar-refractivity contribution in [1.82, 2.24) is 0 Å². The summed E-state index contributed by atoms with van der Waals surface area (Å²) in [5.74, 6) is -0.453. The zero-order valence-electron chi connectivity index (χ0n) is 6.81. The van der Waals surface area contributed by atoms with E-state index in [9.17, 15) is 13.2 Å². The first-order chi connectivity index (χ1) is 6.05. The van der Waals surface area contributed by atoms with Crippen LogP contribution in [0, 0.1) is 5.92 Å². The van der Waals surface area contributed by atoms with Gasteiger partial charge in [-0.1, -0.05) is 0 Å². The highest BCUT2D eigenvalue weighted by molar-refractivity contribution is 14.1. The highest BCUT2D eigenvalue weighted by atomic mass is 127. The topological polar surface area (TPSA) is 18.5 Å². The molecule has 0 bridgehead atoms. The average molecular weight is 310 g/mol. The largest absolute Gasteiger partial charge is 0.415 e. The van der Waals surface area contributed by atoms with Crippen LogP contribution in [0.5, 0.6) is 0 Å². The van der Waals surface area contributed by atoms with Gasteiger partial charge in [-0.2, -0.15) is 13.2 Å². The molecule has 78 valence electrons. The van der Waals surface area contributed by atoms with Crippen LogP contribution in [0.2, 0.25) is 0 Å². The summed E-state index contributed by atoms with van der Waals surface area (Å²) < 4.78 is 46.4. The van der Waals surface area contributed by atoms with Gasteiger partial charge in [0, 0.05) is 13.2 Å². The van der Waals surface area contributed by atoms with Gasteiger partial charge in [0.1, 0.15) is 23.0 Å². The summed E-state index contributed by atoms with van der Waals surface area (Å²) in [6, 6.07) is 0. The summed E-state index contributed by atoms with van der Waals surface area (Å²) in [6.07, 6.45) is -5.05. The molecule has 0 N–H and O–H groups in total. The third-order valence-electron chi connectivity index (χ3n) is 2.11. The van der Waals surface area contributed by atoms with E-state index < -0.39 is 18.2 Å². The van der Waals surface area contributed by atoms with Crippen LogP contribution in [-0.4, -0.2) is 25.5 Å². The van der Waals surface area contributed by atoms with E-state index in [0.717, 1.165) is 0 Å². The van der Waals surface area contributed by atoms with Crippen LogP contribution < -0.4 is 0 Å². The van der Waals surface area contributed by atoms with E-state index in [0.29, 0.717) is 26.1 Å². The quantitative estimate of drug-likeness (QED) is 0.730. The summed E-state index contributed by atoms with van der Waals surface area (Å²) in [6.45, 7) is 0.800. The van der Waals surface area contributed by atoms with Crippen molar-refractivity contribution in [3.05, 3.63) is 0 Å². The van der Waals surface area contributed by atoms with Gasteiger partial charge < -0.3 is 7.80 Å². The summed E-state index contributed by atoms with van der Waals surface area (Å²) in [5.41, 5.74) is 0. The lowest BCUT2D eigenvalue weighted by Gasteiger charge is -2.29. The van der Waals surface area contributed by atoms with Crippen LogP contribution >= 0.6 is 23.0 Å². The first-order valence-corrected chi connectivity index (χ1v) is 4.85. The minimum absolute atomic E-state index is 0.400. The Morgan fingerprint density at radius 1 is 1.31 bits per heavy atom. The van der Waals surface area contributed by atoms with Gasteiger partial charge in [-0.3, -0.25) is 0 Å². The fraction of sp³-hybridized carbons (Fsp3) is 1.00. The lowest BCUT2D eigenvalue weighted by Crippen LogP contribution is -2.39. The van der Waals surface area contributed by atoms with Gasteiger partial charge in [0.25, 0.3) is 0 Å². The highest BCUT2D eigenvalue weighted by Crippen LogP contribution is 2.34. The van der Waals surface area contributed by atoms with Gasteiger partial charge in [0.2, 0.25) is 0 Å². The summed E-state index contributed by atoms with van der Waals surface area (Å²) in [4.78, 5) is 0. The molecule has 1 fully saturated rings. The Bertz CT molecular complexity index is 156. The second-order valence-electron chi connectivity index (χ2n) is 3.00. The molecule has 0 aliphatic carbocycles. The van der Waals surface area contributed by atoms with Crippen molar-refractivity contribution in [2.24, 2.45) is 5.92 Å². The monoisotopic (exact) mass is 310 g/mol. The van der Waals surface area contributed by atoms with Gasteiger partial charge in [-0.05, 0) is 18.8 Å². The van der Waals surface area contributed by atoms with E-state index in [1.54, 1.807) is 0 Å². The van der Waals surface area contributed by atoms with E-state index in [2.05, 4.69) is 3.07 Å². The van der Waals surface area contributed by atoms with E-state index in [1.165, 1.54) is 23.0 Å². The van der Waals surface area contributed by atoms with Crippen LogP contribution in [-0.2, 0) is 7.80 Å². The fourth-order valence-corrected chi connectivity index (χ4v) is 2.11. The number of hydrogen-bond acceptors (Lipinski definition) is 2. The second kappa shape index (κ2) is 4.79. The Kier molecular flexibility index (Phi) is 4.24. The van der Waals surface area contributed by atoms with Gasteiger partial charge >= 0.3 is 6.18 Å². The molecule has 1 aliphatic rings. The van der Waals surface area contributed by atoms with Crippen molar-refractivity contribution in [1.29, 1.82) is 0 Å². The van der Waals surface area contributed by atoms with E-state index in [4.69, 9.17) is 4.74 Å². The molecule has 0 aromatic heterocycles. The van der Waals surface area contributed by atoms with Gasteiger partial charge in [0.05, 0.1) is 0 Å². The maximum Gasteiger partial charge on any atom is 0.415 e. The third-order valence-corrected chi connectivity index (χ3v) is 2.66. The van der Waals surface area contributed by atoms with Crippen LogP contribution in [0.4, 0.5) is 13.2 Å². The maximum absolute atomic E-state index is 12.3. The second-order valence-corrected chi connectivity index (χ2v) is 3.51. The van der Waals surface area contributed by atoms with Crippen LogP contribution in [0.3, 0.4) is 0 Å². The number of hydrogen-bond donors (Lipinski definition) is 0. The molecule has 6 heteroatoms. The molecule has 0 amide bonds. The molecular weight excluding hydrogens is 300 g/mol. The summed E-state index contributed by atoms with van der Waals surface area (Å²) >= 11 is 1.32. The molecule has 1 aliphatic heterocycles. The van der Waals surface area contributed by atoms with E-state index in [-0.39, 0.29) is 0 Å². The van der Waals surface area contributed by atoms with Crippen molar-refractivity contribution < 1.29 is 21.0 Å². The lowest BCUT2D eigenvalue weighted by molar-refractivity contribution is -0.207. The van der Waals surface area contributed by atoms with Crippen LogP contribution in [0.1, 0.15) is 12.8 Å². The molecule has 0 radical (unpaired) electrons. The minimum Gasteiger partial charge on any atom is -0.381 e. The molecule has 0 spiro atoms. The zero-order chi connectivity index (χ0) is 9.90. The first kappa shape index (κ1) is 11.5. The number of ether oxygens (including phenoxy) is 1. The van der Waals surface area contributed by atoms with E-state index in [1.807, 2.05) is 0 Å². The molecule has 1 unspecified atom stereocenters. The first-order valence-electron chi connectivity index (χ1n) is 3.97. The van der Waals surface area contributed by atoms with Crippen molar-refractivity contribution >= 4 is 23.0 Å². The Morgan fingerprint density at radius 3 is 2.23 bits per heavy atom. The molecule has 0 saturated carbocycles. The standard InChI is InChI=1S/C7H10F3IO2/c8-7(9,10)6(13-11)5-1-3-12-4-2-5/h5-6H,1-4H2. The fourth-order valence-electron chi connectivity index (χ4n) is 1.41. The van der Waals surface area contributed by atoms with Crippen LogP contribution in [0.15, 0.2) is 0 Å². The Labute approximate surface area is 88.5 Å². The zero-order valence-corrected chi connectivity index (χ0v) is 8.97. The molecule has 0 aromatic rings. The number of halogens is 4. The molecule has 13 heavy (non-hydrogen) atoms. The molecule has 1 atom stereocenters. The Balaban J connectivity index is 2.54. The third kappa shape index (κ3) is 3.25. The number of alkyl halides is 3. The Hall–Kier alpha value is 0.440. The van der Waals surface area contributed by atoms with Crippen molar-refractivity contribution in [2.45, 2.75) is 25.1 Å². The lowest BCUT2D eigenvalue weighted by atomic mass is 9.94.